The third-order valence-electron chi connectivity index (χ3n) is 5.76. The first-order valence-corrected chi connectivity index (χ1v) is 11.3. The normalized spacial score (nSPS) is 15.4. The van der Waals surface area contributed by atoms with Crippen molar-refractivity contribution in [3.05, 3.63) is 70.3 Å². The van der Waals surface area contributed by atoms with Crippen molar-refractivity contribution in [2.24, 2.45) is 7.05 Å². The summed E-state index contributed by atoms with van der Waals surface area (Å²) in [6.07, 6.45) is 1.76. The number of carbonyl (C=O) groups is 3. The minimum atomic E-state index is -0.447. The average molecular weight is 448 g/mol. The number of hydrogen-bond donors (Lipinski definition) is 1. The van der Waals surface area contributed by atoms with Gasteiger partial charge in [-0.05, 0) is 54.4 Å². The molecule has 1 aromatic heterocycles. The first-order valence-electron chi connectivity index (χ1n) is 10.5. The molecule has 164 valence electrons. The lowest BCUT2D eigenvalue weighted by Gasteiger charge is -2.13. The molecule has 1 aliphatic heterocycles. The molecule has 0 aliphatic carbocycles. The van der Waals surface area contributed by atoms with Gasteiger partial charge >= 0.3 is 0 Å². The maximum Gasteiger partial charge on any atom is 0.294 e. The minimum absolute atomic E-state index is 0.317. The third kappa shape index (κ3) is 4.08. The highest BCUT2D eigenvalue weighted by Gasteiger charge is 2.36. The highest BCUT2D eigenvalue weighted by Crippen LogP contribution is 2.35. The number of fused-ring (bicyclic) bond motifs is 1. The molecule has 7 heteroatoms. The molecule has 3 amide bonds. The first-order chi connectivity index (χ1) is 15.3. The second kappa shape index (κ2) is 8.67. The molecule has 1 aliphatic rings. The second-order valence-electron chi connectivity index (χ2n) is 8.17. The van der Waals surface area contributed by atoms with Gasteiger partial charge in [-0.3, -0.25) is 19.3 Å². The van der Waals surface area contributed by atoms with Gasteiger partial charge in [-0.25, -0.2) is 0 Å². The lowest BCUT2D eigenvalue weighted by atomic mass is 10.0. The molecule has 0 unspecified atom stereocenters. The Morgan fingerprint density at radius 2 is 1.78 bits per heavy atom. The molecule has 0 spiro atoms. The zero-order valence-electron chi connectivity index (χ0n) is 18.5. The van der Waals surface area contributed by atoms with Crippen molar-refractivity contribution in [1.82, 2.24) is 9.47 Å². The predicted molar refractivity (Wildman–Crippen MR) is 129 cm³/mol. The number of imide groups is 1. The van der Waals surface area contributed by atoms with Crippen molar-refractivity contribution in [1.29, 1.82) is 0 Å². The quantitative estimate of drug-likeness (QED) is 0.540. The van der Waals surface area contributed by atoms with Crippen molar-refractivity contribution in [2.75, 3.05) is 11.9 Å². The monoisotopic (exact) mass is 447 g/mol. The molecule has 3 aromatic rings. The first kappa shape index (κ1) is 21.9. The van der Waals surface area contributed by atoms with Crippen LogP contribution in [-0.2, 0) is 16.6 Å². The van der Waals surface area contributed by atoms with Crippen LogP contribution in [0.15, 0.2) is 53.4 Å². The zero-order chi connectivity index (χ0) is 23.0. The molecular weight excluding hydrogens is 422 g/mol. The lowest BCUT2D eigenvalue weighted by Crippen LogP contribution is -2.36. The van der Waals surface area contributed by atoms with Crippen LogP contribution in [0.5, 0.6) is 0 Å². The van der Waals surface area contributed by atoms with Crippen LogP contribution in [0.4, 0.5) is 10.5 Å². The highest BCUT2D eigenvalue weighted by atomic mass is 32.2. The number of nitrogens with one attached hydrogen (secondary N) is 1. The Morgan fingerprint density at radius 1 is 1.09 bits per heavy atom. The van der Waals surface area contributed by atoms with Crippen molar-refractivity contribution in [3.8, 4) is 0 Å². The van der Waals surface area contributed by atoms with Gasteiger partial charge in [0.25, 0.3) is 11.1 Å². The minimum Gasteiger partial charge on any atom is -0.347 e. The molecule has 6 nitrogen and oxygen atoms in total. The highest BCUT2D eigenvalue weighted by molar-refractivity contribution is 8.18. The van der Waals surface area contributed by atoms with Crippen LogP contribution >= 0.6 is 11.8 Å². The molecule has 2 aromatic carbocycles. The Balaban J connectivity index is 1.51. The van der Waals surface area contributed by atoms with Gasteiger partial charge in [0.2, 0.25) is 5.91 Å². The van der Waals surface area contributed by atoms with E-state index in [1.807, 2.05) is 62.5 Å². The predicted octanol–water partition coefficient (Wildman–Crippen LogP) is 5.29. The van der Waals surface area contributed by atoms with E-state index in [0.29, 0.717) is 16.5 Å². The number of nitrogens with zero attached hydrogens (tertiary/aromatic N) is 2. The summed E-state index contributed by atoms with van der Waals surface area (Å²) in [6, 6.07) is 15.5. The molecule has 0 atom stereocenters. The fourth-order valence-electron chi connectivity index (χ4n) is 3.80. The number of anilines is 1. The van der Waals surface area contributed by atoms with Gasteiger partial charge in [-0.1, -0.05) is 44.2 Å². The fraction of sp³-hybridized carbons (Fsp3) is 0.240. The molecule has 2 heterocycles. The number of para-hydroxylation sites is 1. The molecule has 0 bridgehead atoms. The molecule has 1 N–H and O–H groups in total. The van der Waals surface area contributed by atoms with E-state index in [9.17, 15) is 14.4 Å². The van der Waals surface area contributed by atoms with Crippen molar-refractivity contribution in [3.63, 3.8) is 0 Å². The summed E-state index contributed by atoms with van der Waals surface area (Å²) in [5.41, 5.74) is 4.76. The van der Waals surface area contributed by atoms with Crippen molar-refractivity contribution < 1.29 is 14.4 Å². The molecule has 1 saturated heterocycles. The largest absolute Gasteiger partial charge is 0.347 e. The number of thioether (sulfide) groups is 1. The maximum absolute atomic E-state index is 12.9. The van der Waals surface area contributed by atoms with Gasteiger partial charge in [0, 0.05) is 34.9 Å². The van der Waals surface area contributed by atoms with Crippen LogP contribution in [0.3, 0.4) is 0 Å². The smallest absolute Gasteiger partial charge is 0.294 e. The molecule has 0 saturated carbocycles. The summed E-state index contributed by atoms with van der Waals surface area (Å²) in [5, 5.41) is 3.34. The van der Waals surface area contributed by atoms with Crippen molar-refractivity contribution >= 4 is 51.5 Å². The zero-order valence-corrected chi connectivity index (χ0v) is 19.3. The third-order valence-corrected chi connectivity index (χ3v) is 6.67. The number of benzene rings is 2. The molecule has 32 heavy (non-hydrogen) atoms. The summed E-state index contributed by atoms with van der Waals surface area (Å²) in [5.74, 6) is -0.461. The van der Waals surface area contributed by atoms with E-state index in [1.54, 1.807) is 6.08 Å². The molecular formula is C25H25N3O3S. The summed E-state index contributed by atoms with van der Waals surface area (Å²) in [4.78, 5) is 39.2. The van der Waals surface area contributed by atoms with E-state index in [-0.39, 0.29) is 6.54 Å². The maximum atomic E-state index is 12.9. The van der Waals surface area contributed by atoms with Gasteiger partial charge < -0.3 is 9.88 Å². The van der Waals surface area contributed by atoms with E-state index < -0.39 is 17.1 Å². The fourth-order valence-corrected chi connectivity index (χ4v) is 4.62. The Kier molecular flexibility index (Phi) is 5.93. The molecule has 4 rings (SSSR count). The number of aryl methyl sites for hydroxylation is 1. The number of rotatable bonds is 5. The van der Waals surface area contributed by atoms with Gasteiger partial charge in [0.1, 0.15) is 6.54 Å². The number of aromatic nitrogens is 1. The Labute approximate surface area is 191 Å². The van der Waals surface area contributed by atoms with Crippen LogP contribution in [-0.4, -0.2) is 33.1 Å². The Hall–Kier alpha value is -3.32. The summed E-state index contributed by atoms with van der Waals surface area (Å²) in [7, 11) is 1.97. The van der Waals surface area contributed by atoms with Gasteiger partial charge in [-0.15, -0.1) is 0 Å². The summed E-state index contributed by atoms with van der Waals surface area (Å²) < 4.78 is 2.06. The van der Waals surface area contributed by atoms with E-state index in [0.717, 1.165) is 38.8 Å². The Morgan fingerprint density at radius 3 is 2.47 bits per heavy atom. The van der Waals surface area contributed by atoms with Crippen LogP contribution in [0, 0.1) is 6.92 Å². The lowest BCUT2D eigenvalue weighted by molar-refractivity contribution is -0.127. The van der Waals surface area contributed by atoms with E-state index in [4.69, 9.17) is 0 Å². The molecule has 1 fully saturated rings. The summed E-state index contributed by atoms with van der Waals surface area (Å²) in [6.45, 7) is 5.86. The van der Waals surface area contributed by atoms with E-state index in [1.165, 1.54) is 5.56 Å². The van der Waals surface area contributed by atoms with Gasteiger partial charge in [-0.2, -0.15) is 0 Å². The topological polar surface area (TPSA) is 71.4 Å². The number of amides is 3. The van der Waals surface area contributed by atoms with Crippen molar-refractivity contribution in [2.45, 2.75) is 26.7 Å². The van der Waals surface area contributed by atoms with Crippen LogP contribution in [0.1, 0.15) is 36.6 Å². The standard InChI is InChI=1S/C25H25N3O3S/c1-15(2)17-9-11-18(12-10-17)26-23(29)14-28-24(30)22(32-25(28)31)13-20-16(3)27(4)21-8-6-5-7-19(20)21/h5-13,15H,14H2,1-4H3,(H,26,29)/b22-13-. The van der Waals surface area contributed by atoms with Crippen LogP contribution in [0.2, 0.25) is 0 Å². The van der Waals surface area contributed by atoms with Crippen LogP contribution < -0.4 is 5.32 Å². The number of hydrogen-bond acceptors (Lipinski definition) is 4. The van der Waals surface area contributed by atoms with E-state index in [2.05, 4.69) is 23.7 Å². The number of carbonyl (C=O) groups excluding carboxylic acids is 3. The molecule has 0 radical (unpaired) electrons. The van der Waals surface area contributed by atoms with Crippen LogP contribution in [0.25, 0.3) is 17.0 Å². The van der Waals surface area contributed by atoms with Gasteiger partial charge in [0.15, 0.2) is 0 Å². The summed E-state index contributed by atoms with van der Waals surface area (Å²) >= 11 is 0.866. The van der Waals surface area contributed by atoms with Gasteiger partial charge in [0.05, 0.1) is 4.91 Å². The SMILES string of the molecule is Cc1c(/C=C2\SC(=O)N(CC(=O)Nc3ccc(C(C)C)cc3)C2=O)c2ccccc2n1C. The average Bonchev–Trinajstić information content (AvgIpc) is 3.17. The Bertz CT molecular complexity index is 1260. The second-order valence-corrected chi connectivity index (χ2v) is 9.16. The van der Waals surface area contributed by atoms with E-state index >= 15 is 0 Å².